The monoisotopic (exact) mass is 236 g/mol. The largest absolute Gasteiger partial charge is 0.508 e. The number of amides is 1. The van der Waals surface area contributed by atoms with E-state index in [1.165, 1.54) is 25.1 Å². The number of phenolic OH excluding ortho intramolecular Hbond substituents is 1. The van der Waals surface area contributed by atoms with E-state index in [1.54, 1.807) is 6.08 Å². The Labute approximate surface area is 97.7 Å². The number of nitrogens with one attached hydrogen (secondary N) is 1. The van der Waals surface area contributed by atoms with Crippen molar-refractivity contribution in [3.05, 3.63) is 40.0 Å². The van der Waals surface area contributed by atoms with Gasteiger partial charge < -0.3 is 10.4 Å². The molecule has 0 fully saturated rings. The molecule has 0 aliphatic rings. The Kier molecular flexibility index (Phi) is 4.21. The summed E-state index contributed by atoms with van der Waals surface area (Å²) >= 11 is 0. The van der Waals surface area contributed by atoms with Crippen molar-refractivity contribution in [3.8, 4) is 5.75 Å². The van der Waals surface area contributed by atoms with Crippen LogP contribution in [-0.4, -0.2) is 22.5 Å². The molecular formula is C11H12N2O4. The van der Waals surface area contributed by atoms with Gasteiger partial charge in [0.25, 0.3) is 5.69 Å². The molecule has 1 rings (SSSR count). The van der Waals surface area contributed by atoms with Crippen LogP contribution in [0.5, 0.6) is 5.75 Å². The van der Waals surface area contributed by atoms with Crippen LogP contribution in [-0.2, 0) is 4.79 Å². The molecule has 6 nitrogen and oxygen atoms in total. The second-order valence-electron chi connectivity index (χ2n) is 3.34. The van der Waals surface area contributed by atoms with Gasteiger partial charge in [0.1, 0.15) is 5.75 Å². The second-order valence-corrected chi connectivity index (χ2v) is 3.34. The van der Waals surface area contributed by atoms with E-state index in [4.69, 9.17) is 5.11 Å². The summed E-state index contributed by atoms with van der Waals surface area (Å²) in [5, 5.41) is 22.4. The minimum Gasteiger partial charge on any atom is -0.508 e. The van der Waals surface area contributed by atoms with Gasteiger partial charge in [0.05, 0.1) is 16.6 Å². The number of carbonyl (C=O) groups is 1. The topological polar surface area (TPSA) is 92.5 Å². The summed E-state index contributed by atoms with van der Waals surface area (Å²) < 4.78 is 0. The van der Waals surface area contributed by atoms with E-state index in [2.05, 4.69) is 5.32 Å². The molecule has 6 heteroatoms. The lowest BCUT2D eigenvalue weighted by Gasteiger charge is -1.99. The number of nitrogens with zero attached hydrogens (tertiary/aromatic N) is 1. The summed E-state index contributed by atoms with van der Waals surface area (Å²) in [6.45, 7) is 1.68. The van der Waals surface area contributed by atoms with E-state index in [0.29, 0.717) is 12.1 Å². The predicted octanol–water partition coefficient (Wildman–Crippen LogP) is 1.45. The molecule has 0 aromatic heterocycles. The molecule has 0 unspecified atom stereocenters. The highest BCUT2D eigenvalue weighted by Crippen LogP contribution is 2.24. The van der Waals surface area contributed by atoms with Gasteiger partial charge in [-0.25, -0.2) is 0 Å². The van der Waals surface area contributed by atoms with E-state index in [0.717, 1.165) is 6.07 Å². The van der Waals surface area contributed by atoms with E-state index in [1.807, 2.05) is 0 Å². The summed E-state index contributed by atoms with van der Waals surface area (Å²) in [5.41, 5.74) is 0.197. The first-order chi connectivity index (χ1) is 8.00. The smallest absolute Gasteiger partial charge is 0.280 e. The highest BCUT2D eigenvalue weighted by Gasteiger charge is 2.11. The van der Waals surface area contributed by atoms with Crippen LogP contribution in [0.4, 0.5) is 5.69 Å². The standard InChI is InChI=1S/C11H12N2O4/c1-8(14)12-6-2-3-9-4-5-10(15)7-11(9)13(16)17/h2-5,7,15H,6H2,1H3,(H,12,14). The van der Waals surface area contributed by atoms with Crippen LogP contribution in [0.2, 0.25) is 0 Å². The summed E-state index contributed by atoms with van der Waals surface area (Å²) in [4.78, 5) is 20.7. The van der Waals surface area contributed by atoms with Crippen LogP contribution >= 0.6 is 0 Å². The Bertz CT molecular complexity index is 469. The van der Waals surface area contributed by atoms with Crippen LogP contribution in [0.3, 0.4) is 0 Å². The van der Waals surface area contributed by atoms with Crippen molar-refractivity contribution < 1.29 is 14.8 Å². The average Bonchev–Trinajstić information content (AvgIpc) is 2.25. The molecular weight excluding hydrogens is 224 g/mol. The van der Waals surface area contributed by atoms with Crippen LogP contribution < -0.4 is 5.32 Å². The lowest BCUT2D eigenvalue weighted by atomic mass is 10.1. The summed E-state index contributed by atoms with van der Waals surface area (Å²) in [6.07, 6.45) is 3.12. The number of hydrogen-bond donors (Lipinski definition) is 2. The van der Waals surface area contributed by atoms with Crippen molar-refractivity contribution in [2.75, 3.05) is 6.54 Å². The van der Waals surface area contributed by atoms with Gasteiger partial charge in [-0.05, 0) is 12.1 Å². The maximum Gasteiger partial charge on any atom is 0.280 e. The summed E-state index contributed by atoms with van der Waals surface area (Å²) in [5.74, 6) is -0.328. The first-order valence-corrected chi connectivity index (χ1v) is 4.89. The minimum absolute atomic E-state index is 0.157. The number of aromatic hydroxyl groups is 1. The van der Waals surface area contributed by atoms with Crippen molar-refractivity contribution >= 4 is 17.7 Å². The molecule has 0 radical (unpaired) electrons. The Morgan fingerprint density at radius 2 is 2.29 bits per heavy atom. The van der Waals surface area contributed by atoms with Crippen molar-refractivity contribution in [1.82, 2.24) is 5.32 Å². The lowest BCUT2D eigenvalue weighted by Crippen LogP contribution is -2.19. The summed E-state index contributed by atoms with van der Waals surface area (Å²) in [7, 11) is 0. The fourth-order valence-electron chi connectivity index (χ4n) is 1.22. The minimum atomic E-state index is -0.572. The third-order valence-corrected chi connectivity index (χ3v) is 1.98. The predicted molar refractivity (Wildman–Crippen MR) is 62.5 cm³/mol. The molecule has 17 heavy (non-hydrogen) atoms. The first kappa shape index (κ1) is 12.7. The van der Waals surface area contributed by atoms with Gasteiger partial charge >= 0.3 is 0 Å². The molecule has 1 aromatic rings. The molecule has 1 aromatic carbocycles. The molecule has 1 amide bonds. The zero-order chi connectivity index (χ0) is 12.8. The maximum absolute atomic E-state index is 10.7. The van der Waals surface area contributed by atoms with Crippen LogP contribution in [0, 0.1) is 10.1 Å². The molecule has 0 atom stereocenters. The number of hydrogen-bond acceptors (Lipinski definition) is 4. The van der Waals surface area contributed by atoms with Crippen molar-refractivity contribution in [1.29, 1.82) is 0 Å². The number of rotatable bonds is 4. The third kappa shape index (κ3) is 3.94. The molecule has 0 spiro atoms. The zero-order valence-corrected chi connectivity index (χ0v) is 9.21. The normalized spacial score (nSPS) is 10.4. The molecule has 0 aliphatic heterocycles. The quantitative estimate of drug-likeness (QED) is 0.611. The highest BCUT2D eigenvalue weighted by atomic mass is 16.6. The molecule has 0 aliphatic carbocycles. The van der Waals surface area contributed by atoms with Gasteiger partial charge in [0.2, 0.25) is 5.91 Å². The molecule has 0 saturated heterocycles. The summed E-state index contributed by atoms with van der Waals surface area (Å²) in [6, 6.07) is 3.89. The number of nitro groups is 1. The molecule has 0 saturated carbocycles. The number of carbonyl (C=O) groups excluding carboxylic acids is 1. The van der Waals surface area contributed by atoms with Crippen LogP contribution in [0.15, 0.2) is 24.3 Å². The van der Waals surface area contributed by atoms with Crippen LogP contribution in [0.1, 0.15) is 12.5 Å². The number of phenols is 1. The van der Waals surface area contributed by atoms with Crippen LogP contribution in [0.25, 0.3) is 6.08 Å². The Morgan fingerprint density at radius 3 is 2.88 bits per heavy atom. The molecule has 0 heterocycles. The zero-order valence-electron chi connectivity index (χ0n) is 9.21. The van der Waals surface area contributed by atoms with Gasteiger partial charge in [-0.3, -0.25) is 14.9 Å². The lowest BCUT2D eigenvalue weighted by molar-refractivity contribution is -0.385. The fraction of sp³-hybridized carbons (Fsp3) is 0.182. The number of nitro benzene ring substituents is 1. The van der Waals surface area contributed by atoms with E-state index in [9.17, 15) is 14.9 Å². The van der Waals surface area contributed by atoms with Gasteiger partial charge in [-0.2, -0.15) is 0 Å². The van der Waals surface area contributed by atoms with Crippen molar-refractivity contribution in [2.24, 2.45) is 0 Å². The molecule has 90 valence electrons. The van der Waals surface area contributed by atoms with Gasteiger partial charge in [0, 0.05) is 13.5 Å². The fourth-order valence-corrected chi connectivity index (χ4v) is 1.22. The van der Waals surface area contributed by atoms with Gasteiger partial charge in [-0.15, -0.1) is 0 Å². The Hall–Kier alpha value is -2.37. The van der Waals surface area contributed by atoms with Crippen molar-refractivity contribution in [2.45, 2.75) is 6.92 Å². The Morgan fingerprint density at radius 1 is 1.59 bits per heavy atom. The van der Waals surface area contributed by atoms with E-state index in [-0.39, 0.29) is 17.3 Å². The van der Waals surface area contributed by atoms with Crippen molar-refractivity contribution in [3.63, 3.8) is 0 Å². The molecule has 2 N–H and O–H groups in total. The maximum atomic E-state index is 10.7. The first-order valence-electron chi connectivity index (χ1n) is 4.89. The number of benzene rings is 1. The average molecular weight is 236 g/mol. The van der Waals surface area contributed by atoms with Gasteiger partial charge in [-0.1, -0.05) is 12.2 Å². The third-order valence-electron chi connectivity index (χ3n) is 1.98. The van der Waals surface area contributed by atoms with Gasteiger partial charge in [0.15, 0.2) is 0 Å². The SMILES string of the molecule is CC(=O)NCC=Cc1ccc(O)cc1[N+](=O)[O-]. The highest BCUT2D eigenvalue weighted by molar-refractivity contribution is 5.73. The second kappa shape index (κ2) is 5.64. The molecule has 0 bridgehead atoms. The van der Waals surface area contributed by atoms with E-state index >= 15 is 0 Å². The van der Waals surface area contributed by atoms with E-state index < -0.39 is 4.92 Å². The Balaban J connectivity index is 2.83.